The Morgan fingerprint density at radius 1 is 1.00 bits per heavy atom. The van der Waals surface area contributed by atoms with Gasteiger partial charge in [-0.2, -0.15) is 4.68 Å². The molecule has 3 aromatic rings. The molecule has 0 radical (unpaired) electrons. The van der Waals surface area contributed by atoms with Crippen LogP contribution in [0.15, 0.2) is 64.6 Å². The number of hydrogen-bond acceptors (Lipinski definition) is 5. The van der Waals surface area contributed by atoms with E-state index in [2.05, 4.69) is 41.3 Å². The van der Waals surface area contributed by atoms with Crippen molar-refractivity contribution < 1.29 is 4.79 Å². The summed E-state index contributed by atoms with van der Waals surface area (Å²) < 4.78 is 1.35. The summed E-state index contributed by atoms with van der Waals surface area (Å²) in [6.07, 6.45) is 0. The number of nitrogens with zero attached hydrogens (tertiary/aromatic N) is 3. The Hall–Kier alpha value is -2.05. The molecular weight excluding hydrogens is 326 g/mol. The van der Waals surface area contributed by atoms with E-state index in [4.69, 9.17) is 0 Å². The number of aromatic nitrogens is 3. The van der Waals surface area contributed by atoms with Crippen LogP contribution < -0.4 is 0 Å². The van der Waals surface area contributed by atoms with Crippen molar-refractivity contribution in [3.63, 3.8) is 0 Å². The Bertz CT molecular complexity index is 814. The minimum absolute atomic E-state index is 0.150. The maximum atomic E-state index is 11.8. The minimum Gasteiger partial charge on any atom is -0.273 e. The van der Waals surface area contributed by atoms with Gasteiger partial charge in [0.2, 0.25) is 11.1 Å². The summed E-state index contributed by atoms with van der Waals surface area (Å²) in [6.45, 7) is 3.55. The number of aryl methyl sites for hydroxylation is 1. The number of carbonyl (C=O) groups is 1. The van der Waals surface area contributed by atoms with E-state index < -0.39 is 0 Å². The van der Waals surface area contributed by atoms with Crippen molar-refractivity contribution >= 4 is 27.5 Å². The second kappa shape index (κ2) is 7.02. The quantitative estimate of drug-likeness (QED) is 0.643. The third-order valence-electron chi connectivity index (χ3n) is 3.15. The van der Waals surface area contributed by atoms with Crippen LogP contribution in [0, 0.1) is 6.92 Å². The van der Waals surface area contributed by atoms with Gasteiger partial charge < -0.3 is 0 Å². The zero-order chi connectivity index (χ0) is 16.2. The lowest BCUT2D eigenvalue weighted by atomic mass is 10.2. The largest absolute Gasteiger partial charge is 0.273 e. The maximum absolute atomic E-state index is 11.8. The highest BCUT2D eigenvalue weighted by atomic mass is 33.1. The second-order valence-corrected chi connectivity index (χ2v) is 7.16. The first-order valence-corrected chi connectivity index (χ1v) is 9.23. The Morgan fingerprint density at radius 2 is 1.70 bits per heavy atom. The number of hydrogen-bond donors (Lipinski definition) is 0. The molecule has 0 aliphatic carbocycles. The molecule has 0 unspecified atom stereocenters. The molecule has 6 heteroatoms. The summed E-state index contributed by atoms with van der Waals surface area (Å²) in [7, 11) is 3.03. The van der Waals surface area contributed by atoms with Crippen molar-refractivity contribution in [3.8, 4) is 11.4 Å². The highest BCUT2D eigenvalue weighted by Gasteiger charge is 2.15. The van der Waals surface area contributed by atoms with Crippen molar-refractivity contribution in [2.75, 3.05) is 0 Å². The first-order valence-electron chi connectivity index (χ1n) is 7.08. The molecule has 116 valence electrons. The van der Waals surface area contributed by atoms with Gasteiger partial charge in [-0.1, -0.05) is 48.0 Å². The van der Waals surface area contributed by atoms with Crippen LogP contribution in [-0.2, 0) is 0 Å². The third-order valence-corrected chi connectivity index (χ3v) is 5.30. The standard InChI is InChI=1S/C17H15N3OS2/c1-12-8-10-15(11-9-12)22-23-17-18-16(20(19-17)13(2)21)14-6-4-3-5-7-14/h3-11H,1-2H3. The molecule has 0 N–H and O–H groups in total. The summed E-state index contributed by atoms with van der Waals surface area (Å²) in [5, 5.41) is 4.89. The van der Waals surface area contributed by atoms with Gasteiger partial charge in [-0.15, -0.1) is 5.10 Å². The summed E-state index contributed by atoms with van der Waals surface area (Å²) in [6, 6.07) is 17.9. The predicted molar refractivity (Wildman–Crippen MR) is 94.7 cm³/mol. The number of benzene rings is 2. The van der Waals surface area contributed by atoms with E-state index in [9.17, 15) is 4.79 Å². The molecular formula is C17H15N3OS2. The van der Waals surface area contributed by atoms with Gasteiger partial charge in [-0.05, 0) is 40.6 Å². The summed E-state index contributed by atoms with van der Waals surface area (Å²) in [5.41, 5.74) is 2.10. The van der Waals surface area contributed by atoms with E-state index in [1.165, 1.54) is 28.0 Å². The molecule has 0 atom stereocenters. The molecule has 0 saturated heterocycles. The van der Waals surface area contributed by atoms with E-state index in [1.807, 2.05) is 30.3 Å². The van der Waals surface area contributed by atoms with Crippen LogP contribution in [0.3, 0.4) is 0 Å². The molecule has 0 fully saturated rings. The van der Waals surface area contributed by atoms with E-state index in [-0.39, 0.29) is 5.91 Å². The summed E-state index contributed by atoms with van der Waals surface area (Å²) >= 11 is 0. The van der Waals surface area contributed by atoms with Crippen molar-refractivity contribution in [2.24, 2.45) is 0 Å². The van der Waals surface area contributed by atoms with Crippen LogP contribution in [0.5, 0.6) is 0 Å². The molecule has 0 aliphatic heterocycles. The van der Waals surface area contributed by atoms with Gasteiger partial charge in [0, 0.05) is 17.4 Å². The fraction of sp³-hybridized carbons (Fsp3) is 0.118. The second-order valence-electron chi connectivity index (χ2n) is 4.99. The number of carbonyl (C=O) groups excluding carboxylic acids is 1. The van der Waals surface area contributed by atoms with Crippen molar-refractivity contribution in [3.05, 3.63) is 60.2 Å². The topological polar surface area (TPSA) is 47.8 Å². The monoisotopic (exact) mass is 341 g/mol. The molecule has 2 aromatic carbocycles. The first kappa shape index (κ1) is 15.8. The molecule has 0 saturated carbocycles. The van der Waals surface area contributed by atoms with E-state index in [1.54, 1.807) is 10.8 Å². The van der Waals surface area contributed by atoms with Gasteiger partial charge >= 0.3 is 0 Å². The SMILES string of the molecule is CC(=O)n1nc(SSc2ccc(C)cc2)nc1-c1ccccc1. The van der Waals surface area contributed by atoms with Crippen LogP contribution in [0.2, 0.25) is 0 Å². The van der Waals surface area contributed by atoms with Gasteiger partial charge in [0.15, 0.2) is 5.82 Å². The van der Waals surface area contributed by atoms with Crippen LogP contribution in [0.1, 0.15) is 17.3 Å². The molecule has 0 bridgehead atoms. The van der Waals surface area contributed by atoms with Gasteiger partial charge in [-0.25, -0.2) is 4.98 Å². The predicted octanol–water partition coefficient (Wildman–Crippen LogP) is 4.71. The van der Waals surface area contributed by atoms with E-state index >= 15 is 0 Å². The lowest BCUT2D eigenvalue weighted by Gasteiger charge is -2.00. The smallest absolute Gasteiger partial charge is 0.245 e. The Kier molecular flexibility index (Phi) is 4.83. The van der Waals surface area contributed by atoms with Gasteiger partial charge in [0.05, 0.1) is 0 Å². The maximum Gasteiger partial charge on any atom is 0.245 e. The zero-order valence-electron chi connectivity index (χ0n) is 12.8. The molecule has 0 aliphatic rings. The van der Waals surface area contributed by atoms with Crippen LogP contribution in [-0.4, -0.2) is 20.7 Å². The minimum atomic E-state index is -0.150. The molecule has 0 amide bonds. The molecule has 1 heterocycles. The van der Waals surface area contributed by atoms with E-state index in [0.717, 1.165) is 10.5 Å². The Labute approximate surface area is 142 Å². The Morgan fingerprint density at radius 3 is 2.35 bits per heavy atom. The third kappa shape index (κ3) is 3.83. The fourth-order valence-corrected chi connectivity index (χ4v) is 3.72. The molecule has 3 rings (SSSR count). The molecule has 23 heavy (non-hydrogen) atoms. The summed E-state index contributed by atoms with van der Waals surface area (Å²) in [5.74, 6) is 0.425. The fourth-order valence-electron chi connectivity index (χ4n) is 2.00. The number of rotatable bonds is 4. The highest BCUT2D eigenvalue weighted by molar-refractivity contribution is 8.76. The van der Waals surface area contributed by atoms with Crippen molar-refractivity contribution in [1.82, 2.24) is 14.8 Å². The van der Waals surface area contributed by atoms with E-state index in [0.29, 0.717) is 11.0 Å². The lowest BCUT2D eigenvalue weighted by molar-refractivity contribution is 0.0922. The summed E-state index contributed by atoms with van der Waals surface area (Å²) in [4.78, 5) is 17.4. The van der Waals surface area contributed by atoms with Gasteiger partial charge in [0.25, 0.3) is 0 Å². The van der Waals surface area contributed by atoms with Crippen LogP contribution in [0.25, 0.3) is 11.4 Å². The highest BCUT2D eigenvalue weighted by Crippen LogP contribution is 2.36. The van der Waals surface area contributed by atoms with Crippen molar-refractivity contribution in [1.29, 1.82) is 0 Å². The first-order chi connectivity index (χ1) is 11.1. The van der Waals surface area contributed by atoms with Gasteiger partial charge in [0.1, 0.15) is 0 Å². The molecule has 1 aromatic heterocycles. The molecule has 0 spiro atoms. The zero-order valence-corrected chi connectivity index (χ0v) is 14.4. The average molecular weight is 341 g/mol. The molecule has 4 nitrogen and oxygen atoms in total. The Balaban J connectivity index is 1.83. The van der Waals surface area contributed by atoms with Crippen molar-refractivity contribution in [2.45, 2.75) is 23.9 Å². The van der Waals surface area contributed by atoms with Crippen LogP contribution >= 0.6 is 21.6 Å². The lowest BCUT2D eigenvalue weighted by Crippen LogP contribution is -2.09. The van der Waals surface area contributed by atoms with Crippen LogP contribution in [0.4, 0.5) is 0 Å². The van der Waals surface area contributed by atoms with Gasteiger partial charge in [-0.3, -0.25) is 4.79 Å². The average Bonchev–Trinajstić information content (AvgIpc) is 3.00. The normalized spacial score (nSPS) is 10.7.